The Morgan fingerprint density at radius 2 is 1.78 bits per heavy atom. The van der Waals surface area contributed by atoms with Crippen molar-refractivity contribution >= 4 is 30.3 Å². The van der Waals surface area contributed by atoms with Crippen LogP contribution >= 0.6 is 0 Å². The topological polar surface area (TPSA) is 34.2 Å². The Morgan fingerprint density at radius 3 is 2.44 bits per heavy atom. The Labute approximate surface area is 108 Å². The second-order valence-corrected chi connectivity index (χ2v) is 5.87. The van der Waals surface area contributed by atoms with Gasteiger partial charge in [-0.15, -0.1) is 0 Å². The molecular weight excluding hydrogens is 224 g/mol. The molecule has 0 aromatic carbocycles. The maximum atomic E-state index is 6.09. The van der Waals surface area contributed by atoms with Crippen LogP contribution in [0.5, 0.6) is 0 Å². The molecule has 0 atom stereocenters. The quantitative estimate of drug-likeness (QED) is 0.772. The van der Waals surface area contributed by atoms with Crippen molar-refractivity contribution in [1.82, 2.24) is 4.98 Å². The van der Waals surface area contributed by atoms with Crippen LogP contribution in [0.25, 0.3) is 10.8 Å². The normalized spacial score (nSPS) is 21.4. The third kappa shape index (κ3) is 1.65. The van der Waals surface area contributed by atoms with E-state index < -0.39 is 0 Å². The summed E-state index contributed by atoms with van der Waals surface area (Å²) in [6, 6.07) is 4.13. The second-order valence-electron chi connectivity index (χ2n) is 5.87. The van der Waals surface area contributed by atoms with Crippen LogP contribution in [-0.2, 0) is 9.31 Å². The van der Waals surface area contributed by atoms with Crippen LogP contribution in [0.15, 0.2) is 24.3 Å². The van der Waals surface area contributed by atoms with Gasteiger partial charge in [0.25, 0.3) is 0 Å². The van der Waals surface area contributed by atoms with Crippen LogP contribution in [0.1, 0.15) is 27.7 Å². The van der Waals surface area contributed by atoms with Crippen LogP contribution < -0.4 is 5.46 Å². The van der Waals surface area contributed by atoms with Gasteiger partial charge < -0.3 is 0 Å². The SMILES string of the molecule is CC1(C)OB(c2ccbc3[nH]ccc23)OC1(C)C. The van der Waals surface area contributed by atoms with E-state index in [9.17, 15) is 0 Å². The van der Waals surface area contributed by atoms with Crippen LogP contribution in [0.4, 0.5) is 0 Å². The third-order valence-electron chi connectivity index (χ3n) is 4.14. The van der Waals surface area contributed by atoms with Crippen LogP contribution in [0.3, 0.4) is 0 Å². The van der Waals surface area contributed by atoms with E-state index >= 15 is 0 Å². The molecule has 3 rings (SSSR count). The predicted molar refractivity (Wildman–Crippen MR) is 75.4 cm³/mol. The fourth-order valence-electron chi connectivity index (χ4n) is 2.29. The summed E-state index contributed by atoms with van der Waals surface area (Å²) in [5.41, 5.74) is 1.61. The minimum absolute atomic E-state index is 0.295. The van der Waals surface area contributed by atoms with Gasteiger partial charge in [0, 0.05) is 0 Å². The number of aromatic amines is 1. The Morgan fingerprint density at radius 1 is 1.11 bits per heavy atom. The Bertz CT molecular complexity index is 575. The number of H-pyrrole nitrogens is 1. The summed E-state index contributed by atoms with van der Waals surface area (Å²) in [5, 5.41) is 1.16. The van der Waals surface area contributed by atoms with Crippen LogP contribution in [0, 0.1) is 0 Å². The zero-order valence-electron chi connectivity index (χ0n) is 11.3. The summed E-state index contributed by atoms with van der Waals surface area (Å²) >= 11 is 0. The van der Waals surface area contributed by atoms with E-state index in [2.05, 4.69) is 51.7 Å². The van der Waals surface area contributed by atoms with E-state index in [-0.39, 0.29) is 18.3 Å². The van der Waals surface area contributed by atoms with Gasteiger partial charge in [-0.25, -0.2) is 0 Å². The molecule has 2 aromatic heterocycles. The first-order valence-corrected chi connectivity index (χ1v) is 6.32. The number of rotatable bonds is 1. The van der Waals surface area contributed by atoms with E-state index in [1.165, 1.54) is 0 Å². The zero-order valence-corrected chi connectivity index (χ0v) is 11.3. The monoisotopic (exact) mass is 241 g/mol. The van der Waals surface area contributed by atoms with Crippen molar-refractivity contribution < 1.29 is 9.31 Å². The van der Waals surface area contributed by atoms with E-state index in [0.29, 0.717) is 0 Å². The van der Waals surface area contributed by atoms with E-state index in [1.807, 2.05) is 12.2 Å². The fraction of sp³-hybridized carbons (Fsp3) is 0.462. The van der Waals surface area contributed by atoms with Gasteiger partial charge >= 0.3 is 108 Å². The number of fused-ring (bicyclic) bond motifs is 1. The van der Waals surface area contributed by atoms with Crippen molar-refractivity contribution in [2.75, 3.05) is 0 Å². The maximum absolute atomic E-state index is 6.09. The molecule has 5 heteroatoms. The average Bonchev–Trinajstić information content (AvgIpc) is 2.81. The summed E-state index contributed by atoms with van der Waals surface area (Å²) in [7, 11) is -0.297. The van der Waals surface area contributed by atoms with Crippen LogP contribution in [0.2, 0.25) is 0 Å². The standard InChI is InChI=1S/C13H17B2NO2/c1-12(2)13(3,4)18-15(17-12)10-5-7-14-11-9(10)6-8-16-11/h5-8,16H,1-4H3. The molecule has 0 aliphatic carbocycles. The van der Waals surface area contributed by atoms with Crippen molar-refractivity contribution in [2.24, 2.45) is 0 Å². The molecule has 18 heavy (non-hydrogen) atoms. The van der Waals surface area contributed by atoms with Gasteiger partial charge in [0.1, 0.15) is 0 Å². The average molecular weight is 241 g/mol. The Kier molecular flexibility index (Phi) is 2.48. The van der Waals surface area contributed by atoms with Crippen molar-refractivity contribution in [3.63, 3.8) is 0 Å². The van der Waals surface area contributed by atoms with Gasteiger partial charge in [0.15, 0.2) is 0 Å². The predicted octanol–water partition coefficient (Wildman–Crippen LogP) is 1.81. The molecule has 1 fully saturated rings. The summed E-state index contributed by atoms with van der Waals surface area (Å²) in [4.78, 5) is 3.21. The molecule has 0 unspecified atom stereocenters. The number of hydrogen-bond acceptors (Lipinski definition) is 2. The van der Waals surface area contributed by atoms with Crippen molar-refractivity contribution in [1.29, 1.82) is 0 Å². The molecule has 0 radical (unpaired) electrons. The molecule has 3 nitrogen and oxygen atoms in total. The van der Waals surface area contributed by atoms with Gasteiger partial charge in [-0.3, -0.25) is 0 Å². The molecule has 2 aromatic rings. The van der Waals surface area contributed by atoms with Crippen LogP contribution in [-0.4, -0.2) is 30.2 Å². The fourth-order valence-corrected chi connectivity index (χ4v) is 2.29. The minimum atomic E-state index is -0.297. The van der Waals surface area contributed by atoms with Gasteiger partial charge in [-0.2, -0.15) is 0 Å². The summed E-state index contributed by atoms with van der Waals surface area (Å²) in [6.07, 6.45) is 1.94. The summed E-state index contributed by atoms with van der Waals surface area (Å²) in [5.74, 6) is 2.03. The number of nitrogens with one attached hydrogen (secondary N) is 1. The molecular formula is C13H17B2NO2. The number of aromatic nitrogens is 1. The molecule has 92 valence electrons. The zero-order chi connectivity index (χ0) is 13.0. The Hall–Kier alpha value is -1.06. The number of hydrogen-bond donors (Lipinski definition) is 1. The summed E-state index contributed by atoms with van der Waals surface area (Å²) in [6.45, 7) is 10.4. The summed E-state index contributed by atoms with van der Waals surface area (Å²) < 4.78 is 12.2. The van der Waals surface area contributed by atoms with E-state index in [1.54, 1.807) is 0 Å². The van der Waals surface area contributed by atoms with Crippen molar-refractivity contribution in [3.05, 3.63) is 24.3 Å². The molecule has 1 saturated heterocycles. The Balaban J connectivity index is 2.05. The van der Waals surface area contributed by atoms with Gasteiger partial charge in [0.2, 0.25) is 0 Å². The molecule has 0 bridgehead atoms. The van der Waals surface area contributed by atoms with Gasteiger partial charge in [-0.1, -0.05) is 0 Å². The molecule has 1 aliphatic rings. The second kappa shape index (κ2) is 3.72. The van der Waals surface area contributed by atoms with Gasteiger partial charge in [-0.05, 0) is 0 Å². The first-order chi connectivity index (χ1) is 8.41. The van der Waals surface area contributed by atoms with E-state index in [4.69, 9.17) is 9.31 Å². The molecule has 0 saturated carbocycles. The molecule has 1 N–H and O–H groups in total. The molecule has 3 heterocycles. The third-order valence-corrected chi connectivity index (χ3v) is 4.14. The first-order valence-electron chi connectivity index (χ1n) is 6.32. The van der Waals surface area contributed by atoms with Crippen molar-refractivity contribution in [3.8, 4) is 0 Å². The van der Waals surface area contributed by atoms with Gasteiger partial charge in [0.05, 0.1) is 0 Å². The van der Waals surface area contributed by atoms with Crippen molar-refractivity contribution in [2.45, 2.75) is 38.9 Å². The molecule has 0 amide bonds. The van der Waals surface area contributed by atoms with E-state index in [0.717, 1.165) is 16.3 Å². The molecule has 0 spiro atoms. The molecule has 1 aliphatic heterocycles. The first kappa shape index (κ1) is 12.0.